The maximum absolute atomic E-state index is 12.3. The first-order valence-electron chi connectivity index (χ1n) is 9.33. The second-order valence-corrected chi connectivity index (χ2v) is 7.39. The van der Waals surface area contributed by atoms with Gasteiger partial charge >= 0.3 is 5.97 Å². The fourth-order valence-electron chi connectivity index (χ4n) is 2.71. The molecular formula is C21H26N2O4S. The normalized spacial score (nSPS) is 10.4. The van der Waals surface area contributed by atoms with E-state index >= 15 is 0 Å². The van der Waals surface area contributed by atoms with Crippen LogP contribution in [0.4, 0.5) is 5.69 Å². The maximum Gasteiger partial charge on any atom is 0.338 e. The average Bonchev–Trinajstić information content (AvgIpc) is 3.16. The molecule has 0 aliphatic heterocycles. The van der Waals surface area contributed by atoms with Gasteiger partial charge in [0.2, 0.25) is 11.7 Å². The lowest BCUT2D eigenvalue weighted by molar-refractivity contribution is -0.118. The molecule has 1 aromatic heterocycles. The molecule has 0 fully saturated rings. The Morgan fingerprint density at radius 2 is 1.71 bits per heavy atom. The molecule has 1 N–H and O–H groups in total. The Morgan fingerprint density at radius 3 is 2.32 bits per heavy atom. The van der Waals surface area contributed by atoms with Crippen LogP contribution in [-0.4, -0.2) is 43.9 Å². The largest absolute Gasteiger partial charge is 0.454 e. The summed E-state index contributed by atoms with van der Waals surface area (Å²) in [4.78, 5) is 39.0. The summed E-state index contributed by atoms with van der Waals surface area (Å²) in [7, 11) is 0. The summed E-state index contributed by atoms with van der Waals surface area (Å²) in [6, 6.07) is 10.8. The summed E-state index contributed by atoms with van der Waals surface area (Å²) in [6.07, 6.45) is 0.663. The Hall–Kier alpha value is -2.67. The van der Waals surface area contributed by atoms with E-state index in [2.05, 4.69) is 24.1 Å². The van der Waals surface area contributed by atoms with Crippen molar-refractivity contribution in [2.75, 3.05) is 31.1 Å². The van der Waals surface area contributed by atoms with Gasteiger partial charge in [-0.3, -0.25) is 9.59 Å². The molecule has 0 atom stereocenters. The highest BCUT2D eigenvalue weighted by atomic mass is 32.1. The SMILES string of the molecule is CCN(CC)c1ccc(C(=O)OCC(=O)c2ccc(CCNC(C)=O)s2)cc1. The van der Waals surface area contributed by atoms with Gasteiger partial charge < -0.3 is 15.0 Å². The Labute approximate surface area is 169 Å². The van der Waals surface area contributed by atoms with Crippen molar-refractivity contribution in [2.45, 2.75) is 27.2 Å². The molecule has 0 saturated carbocycles. The summed E-state index contributed by atoms with van der Waals surface area (Å²) in [5.41, 5.74) is 1.47. The highest BCUT2D eigenvalue weighted by molar-refractivity contribution is 7.14. The molecule has 0 unspecified atom stereocenters. The van der Waals surface area contributed by atoms with Gasteiger partial charge in [0.05, 0.1) is 10.4 Å². The van der Waals surface area contributed by atoms with E-state index in [-0.39, 0.29) is 18.3 Å². The second-order valence-electron chi connectivity index (χ2n) is 6.22. The molecule has 1 amide bonds. The van der Waals surface area contributed by atoms with Gasteiger partial charge in [0.25, 0.3) is 0 Å². The van der Waals surface area contributed by atoms with Gasteiger partial charge in [-0.15, -0.1) is 11.3 Å². The minimum absolute atomic E-state index is 0.0788. The number of Topliss-reactive ketones (excluding diaryl/α,β-unsaturated/α-hetero) is 1. The number of carbonyl (C=O) groups is 3. The summed E-state index contributed by atoms with van der Waals surface area (Å²) in [5.74, 6) is -0.823. The predicted octanol–water partition coefficient (Wildman–Crippen LogP) is 3.31. The second kappa shape index (κ2) is 10.6. The zero-order valence-corrected chi connectivity index (χ0v) is 17.3. The zero-order chi connectivity index (χ0) is 20.5. The minimum atomic E-state index is -0.512. The molecule has 0 radical (unpaired) electrons. The smallest absolute Gasteiger partial charge is 0.338 e. The highest BCUT2D eigenvalue weighted by Gasteiger charge is 2.14. The first kappa shape index (κ1) is 21.6. The average molecular weight is 403 g/mol. The van der Waals surface area contributed by atoms with Crippen LogP contribution in [0.3, 0.4) is 0 Å². The Bertz CT molecular complexity index is 810. The zero-order valence-electron chi connectivity index (χ0n) is 16.5. The number of hydrogen-bond acceptors (Lipinski definition) is 6. The number of thiophene rings is 1. The molecule has 0 aliphatic carbocycles. The number of hydrogen-bond donors (Lipinski definition) is 1. The number of anilines is 1. The standard InChI is InChI=1S/C21H26N2O4S/c1-4-23(5-2)17-8-6-16(7-9-17)21(26)27-14-19(25)20-11-10-18(28-20)12-13-22-15(3)24/h6-11H,4-5,12-14H2,1-3H3,(H,22,24). The molecule has 6 nitrogen and oxygen atoms in total. The van der Waals surface area contributed by atoms with Crippen LogP contribution in [0.15, 0.2) is 36.4 Å². The topological polar surface area (TPSA) is 75.7 Å². The maximum atomic E-state index is 12.3. The number of nitrogens with one attached hydrogen (secondary N) is 1. The number of esters is 1. The van der Waals surface area contributed by atoms with Crippen LogP contribution in [0.25, 0.3) is 0 Å². The van der Waals surface area contributed by atoms with E-state index in [0.717, 1.165) is 23.7 Å². The number of carbonyl (C=O) groups excluding carboxylic acids is 3. The van der Waals surface area contributed by atoms with Gasteiger partial charge in [-0.05, 0) is 56.7 Å². The first-order valence-corrected chi connectivity index (χ1v) is 10.1. The Morgan fingerprint density at radius 1 is 1.04 bits per heavy atom. The van der Waals surface area contributed by atoms with Crippen molar-refractivity contribution in [2.24, 2.45) is 0 Å². The fourth-order valence-corrected chi connectivity index (χ4v) is 3.64. The quantitative estimate of drug-likeness (QED) is 0.487. The van der Waals surface area contributed by atoms with E-state index in [1.807, 2.05) is 18.2 Å². The van der Waals surface area contributed by atoms with Crippen LogP contribution in [-0.2, 0) is 16.0 Å². The van der Waals surface area contributed by atoms with Gasteiger partial charge in [0.15, 0.2) is 6.61 Å². The number of ketones is 1. The van der Waals surface area contributed by atoms with Crippen LogP contribution in [0.5, 0.6) is 0 Å². The predicted molar refractivity (Wildman–Crippen MR) is 111 cm³/mol. The minimum Gasteiger partial charge on any atom is -0.454 e. The van der Waals surface area contributed by atoms with E-state index < -0.39 is 5.97 Å². The van der Waals surface area contributed by atoms with Crippen molar-refractivity contribution in [3.8, 4) is 0 Å². The third-order valence-corrected chi connectivity index (χ3v) is 5.43. The lowest BCUT2D eigenvalue weighted by atomic mass is 10.2. The monoisotopic (exact) mass is 402 g/mol. The molecule has 2 aromatic rings. The summed E-state index contributed by atoms with van der Waals surface area (Å²) >= 11 is 1.35. The molecule has 1 heterocycles. The third-order valence-electron chi connectivity index (χ3n) is 4.25. The molecule has 0 bridgehead atoms. The van der Waals surface area contributed by atoms with Gasteiger partial charge in [-0.1, -0.05) is 0 Å². The van der Waals surface area contributed by atoms with E-state index in [1.54, 1.807) is 18.2 Å². The van der Waals surface area contributed by atoms with Crippen LogP contribution in [0.2, 0.25) is 0 Å². The molecule has 28 heavy (non-hydrogen) atoms. The molecule has 0 saturated heterocycles. The van der Waals surface area contributed by atoms with Crippen molar-refractivity contribution in [3.63, 3.8) is 0 Å². The van der Waals surface area contributed by atoms with E-state index in [1.165, 1.54) is 18.3 Å². The van der Waals surface area contributed by atoms with Gasteiger partial charge in [-0.25, -0.2) is 4.79 Å². The van der Waals surface area contributed by atoms with Crippen LogP contribution < -0.4 is 10.2 Å². The highest BCUT2D eigenvalue weighted by Crippen LogP contribution is 2.18. The van der Waals surface area contributed by atoms with Crippen molar-refractivity contribution in [1.29, 1.82) is 0 Å². The van der Waals surface area contributed by atoms with Crippen LogP contribution in [0, 0.1) is 0 Å². The fraction of sp³-hybridized carbons (Fsp3) is 0.381. The van der Waals surface area contributed by atoms with E-state index in [4.69, 9.17) is 4.74 Å². The molecule has 2 rings (SSSR count). The number of rotatable bonds is 10. The van der Waals surface area contributed by atoms with Crippen molar-refractivity contribution in [3.05, 3.63) is 51.7 Å². The third kappa shape index (κ3) is 6.20. The molecule has 7 heteroatoms. The van der Waals surface area contributed by atoms with Crippen LogP contribution in [0.1, 0.15) is 45.7 Å². The summed E-state index contributed by atoms with van der Waals surface area (Å²) in [5, 5.41) is 2.72. The first-order chi connectivity index (χ1) is 13.4. The molecule has 0 aliphatic rings. The van der Waals surface area contributed by atoms with Crippen molar-refractivity contribution >= 4 is 34.7 Å². The summed E-state index contributed by atoms with van der Waals surface area (Å²) in [6.45, 7) is 7.64. The van der Waals surface area contributed by atoms with Gasteiger partial charge in [-0.2, -0.15) is 0 Å². The van der Waals surface area contributed by atoms with Crippen molar-refractivity contribution in [1.82, 2.24) is 5.32 Å². The number of nitrogens with zero attached hydrogens (tertiary/aromatic N) is 1. The summed E-state index contributed by atoms with van der Waals surface area (Å²) < 4.78 is 5.17. The van der Waals surface area contributed by atoms with E-state index in [9.17, 15) is 14.4 Å². The Kier molecular flexibility index (Phi) is 8.19. The molecular weight excluding hydrogens is 376 g/mol. The lowest BCUT2D eigenvalue weighted by Crippen LogP contribution is -2.22. The molecule has 0 spiro atoms. The molecule has 150 valence electrons. The lowest BCUT2D eigenvalue weighted by Gasteiger charge is -2.20. The van der Waals surface area contributed by atoms with Crippen molar-refractivity contribution < 1.29 is 19.1 Å². The number of amides is 1. The number of benzene rings is 1. The van der Waals surface area contributed by atoms with Crippen LogP contribution >= 0.6 is 11.3 Å². The molecule has 1 aromatic carbocycles. The van der Waals surface area contributed by atoms with Gasteiger partial charge in [0, 0.05) is 37.1 Å². The van der Waals surface area contributed by atoms with E-state index in [0.29, 0.717) is 23.4 Å². The number of ether oxygens (including phenoxy) is 1. The Balaban J connectivity index is 1.86. The van der Waals surface area contributed by atoms with Gasteiger partial charge in [0.1, 0.15) is 0 Å².